The van der Waals surface area contributed by atoms with Crippen molar-refractivity contribution in [1.82, 2.24) is 10.3 Å². The van der Waals surface area contributed by atoms with Crippen LogP contribution in [0.4, 0.5) is 5.82 Å². The number of anilines is 1. The van der Waals surface area contributed by atoms with Crippen molar-refractivity contribution in [1.29, 1.82) is 0 Å². The highest BCUT2D eigenvalue weighted by atomic mass is 16.5. The molecule has 1 aliphatic heterocycles. The molecule has 0 saturated carbocycles. The van der Waals surface area contributed by atoms with Gasteiger partial charge in [-0.05, 0) is 17.7 Å². The second-order valence-corrected chi connectivity index (χ2v) is 3.31. The first-order chi connectivity index (χ1) is 6.90. The Morgan fingerprint density at radius 1 is 1.64 bits per heavy atom. The average molecular weight is 193 g/mol. The molecule has 0 aromatic carbocycles. The molecule has 2 rings (SSSR count). The molecule has 1 saturated heterocycles. The Labute approximate surface area is 83.7 Å². The molecule has 14 heavy (non-hydrogen) atoms. The summed E-state index contributed by atoms with van der Waals surface area (Å²) in [6.07, 6.45) is 1.82. The topological polar surface area (TPSA) is 46.2 Å². The fraction of sp³-hybridized carbons (Fsp3) is 0.500. The second kappa shape index (κ2) is 4.39. The summed E-state index contributed by atoms with van der Waals surface area (Å²) in [5, 5.41) is 6.43. The number of nitrogens with one attached hydrogen (secondary N) is 2. The molecule has 0 bridgehead atoms. The van der Waals surface area contributed by atoms with Crippen LogP contribution >= 0.6 is 0 Å². The Morgan fingerprint density at radius 3 is 3.29 bits per heavy atom. The van der Waals surface area contributed by atoms with Gasteiger partial charge in [-0.15, -0.1) is 0 Å². The summed E-state index contributed by atoms with van der Waals surface area (Å²) in [6, 6.07) is 4.37. The molecule has 1 atom stereocenters. The van der Waals surface area contributed by atoms with Gasteiger partial charge in [-0.1, -0.05) is 0 Å². The van der Waals surface area contributed by atoms with Gasteiger partial charge in [0.15, 0.2) is 0 Å². The van der Waals surface area contributed by atoms with Crippen LogP contribution in [0.25, 0.3) is 0 Å². The van der Waals surface area contributed by atoms with Gasteiger partial charge in [0.1, 0.15) is 5.82 Å². The molecule has 1 aliphatic rings. The summed E-state index contributed by atoms with van der Waals surface area (Å²) in [5.41, 5.74) is 1.23. The highest BCUT2D eigenvalue weighted by Crippen LogP contribution is 2.17. The number of aromatic nitrogens is 1. The van der Waals surface area contributed by atoms with Crippen molar-refractivity contribution in [2.45, 2.75) is 6.04 Å². The standard InChI is InChI=1S/C10H15N3O/c1-11-10-6-8(2-3-13-10)9-7-14-5-4-12-9/h2-3,6,9,12H,4-5,7H2,1H3,(H,11,13)/t9-/m0/s1. The zero-order valence-electron chi connectivity index (χ0n) is 8.29. The van der Waals surface area contributed by atoms with E-state index in [4.69, 9.17) is 4.74 Å². The lowest BCUT2D eigenvalue weighted by Gasteiger charge is -2.24. The van der Waals surface area contributed by atoms with Gasteiger partial charge in [-0.25, -0.2) is 4.98 Å². The maximum Gasteiger partial charge on any atom is 0.125 e. The van der Waals surface area contributed by atoms with Gasteiger partial charge in [0.25, 0.3) is 0 Å². The van der Waals surface area contributed by atoms with Crippen molar-refractivity contribution in [2.24, 2.45) is 0 Å². The minimum Gasteiger partial charge on any atom is -0.378 e. The maximum absolute atomic E-state index is 5.41. The minimum absolute atomic E-state index is 0.304. The molecule has 4 nitrogen and oxygen atoms in total. The van der Waals surface area contributed by atoms with E-state index in [0.29, 0.717) is 6.04 Å². The Morgan fingerprint density at radius 2 is 2.57 bits per heavy atom. The van der Waals surface area contributed by atoms with Crippen LogP contribution in [0, 0.1) is 0 Å². The third-order valence-electron chi connectivity index (χ3n) is 2.36. The third-order valence-corrected chi connectivity index (χ3v) is 2.36. The second-order valence-electron chi connectivity index (χ2n) is 3.31. The normalized spacial score (nSPS) is 21.9. The van der Waals surface area contributed by atoms with E-state index < -0.39 is 0 Å². The van der Waals surface area contributed by atoms with Crippen LogP contribution in [0.15, 0.2) is 18.3 Å². The number of hydrogen-bond donors (Lipinski definition) is 2. The van der Waals surface area contributed by atoms with E-state index in [9.17, 15) is 0 Å². The van der Waals surface area contributed by atoms with Gasteiger partial charge in [0.05, 0.1) is 19.3 Å². The highest BCUT2D eigenvalue weighted by Gasteiger charge is 2.15. The molecule has 0 radical (unpaired) electrons. The van der Waals surface area contributed by atoms with Crippen molar-refractivity contribution >= 4 is 5.82 Å². The van der Waals surface area contributed by atoms with Crippen LogP contribution in [0.3, 0.4) is 0 Å². The molecule has 1 fully saturated rings. The van der Waals surface area contributed by atoms with E-state index in [-0.39, 0.29) is 0 Å². The molecule has 0 aliphatic carbocycles. The fourth-order valence-electron chi connectivity index (χ4n) is 1.58. The Hall–Kier alpha value is -1.13. The maximum atomic E-state index is 5.41. The lowest BCUT2D eigenvalue weighted by molar-refractivity contribution is 0.0769. The lowest BCUT2D eigenvalue weighted by atomic mass is 10.1. The van der Waals surface area contributed by atoms with Gasteiger partial charge in [0, 0.05) is 19.8 Å². The Kier molecular flexibility index (Phi) is 2.96. The van der Waals surface area contributed by atoms with Crippen molar-refractivity contribution in [3.05, 3.63) is 23.9 Å². The van der Waals surface area contributed by atoms with Crippen molar-refractivity contribution in [3.63, 3.8) is 0 Å². The Balaban J connectivity index is 2.13. The van der Waals surface area contributed by atoms with Gasteiger partial charge < -0.3 is 15.4 Å². The van der Waals surface area contributed by atoms with Crippen LogP contribution in [0.1, 0.15) is 11.6 Å². The van der Waals surface area contributed by atoms with Gasteiger partial charge in [-0.2, -0.15) is 0 Å². The SMILES string of the molecule is CNc1cc([C@@H]2COCCN2)ccn1. The first-order valence-electron chi connectivity index (χ1n) is 4.85. The van der Waals surface area contributed by atoms with Crippen molar-refractivity contribution in [3.8, 4) is 0 Å². The first kappa shape index (κ1) is 9.43. The first-order valence-corrected chi connectivity index (χ1v) is 4.85. The largest absolute Gasteiger partial charge is 0.378 e. The molecule has 0 unspecified atom stereocenters. The van der Waals surface area contributed by atoms with Gasteiger partial charge >= 0.3 is 0 Å². The molecule has 1 aromatic rings. The summed E-state index contributed by atoms with van der Waals surface area (Å²) in [6.45, 7) is 2.47. The van der Waals surface area contributed by atoms with E-state index in [1.54, 1.807) is 0 Å². The molecule has 76 valence electrons. The lowest BCUT2D eigenvalue weighted by Crippen LogP contribution is -2.34. The number of hydrogen-bond acceptors (Lipinski definition) is 4. The number of pyridine rings is 1. The molecule has 0 amide bonds. The Bertz CT molecular complexity index is 297. The van der Waals surface area contributed by atoms with E-state index >= 15 is 0 Å². The zero-order chi connectivity index (χ0) is 9.80. The monoisotopic (exact) mass is 193 g/mol. The predicted octanol–water partition coefficient (Wildman–Crippen LogP) is 0.784. The zero-order valence-corrected chi connectivity index (χ0v) is 8.29. The molecular formula is C10H15N3O. The van der Waals surface area contributed by atoms with Crippen molar-refractivity contribution < 1.29 is 4.74 Å². The number of morpholine rings is 1. The summed E-state index contributed by atoms with van der Waals surface area (Å²) < 4.78 is 5.41. The van der Waals surface area contributed by atoms with E-state index in [2.05, 4.69) is 15.6 Å². The summed E-state index contributed by atoms with van der Waals surface area (Å²) in [4.78, 5) is 4.17. The molecule has 0 spiro atoms. The van der Waals surface area contributed by atoms with Gasteiger partial charge in [-0.3, -0.25) is 0 Å². The molecule has 4 heteroatoms. The van der Waals surface area contributed by atoms with E-state index in [1.165, 1.54) is 5.56 Å². The van der Waals surface area contributed by atoms with Crippen LogP contribution < -0.4 is 10.6 Å². The minimum atomic E-state index is 0.304. The average Bonchev–Trinajstić information content (AvgIpc) is 2.30. The summed E-state index contributed by atoms with van der Waals surface area (Å²) in [5.74, 6) is 0.898. The van der Waals surface area contributed by atoms with Gasteiger partial charge in [0.2, 0.25) is 0 Å². The molecule has 1 aromatic heterocycles. The summed E-state index contributed by atoms with van der Waals surface area (Å²) in [7, 11) is 1.87. The quantitative estimate of drug-likeness (QED) is 0.728. The van der Waals surface area contributed by atoms with Crippen LogP contribution in [0.5, 0.6) is 0 Å². The number of nitrogens with zero attached hydrogens (tertiary/aromatic N) is 1. The van der Waals surface area contributed by atoms with E-state index in [1.807, 2.05) is 25.4 Å². The molecular weight excluding hydrogens is 178 g/mol. The fourth-order valence-corrected chi connectivity index (χ4v) is 1.58. The highest BCUT2D eigenvalue weighted by molar-refractivity contribution is 5.37. The van der Waals surface area contributed by atoms with Crippen LogP contribution in [-0.2, 0) is 4.74 Å². The van der Waals surface area contributed by atoms with E-state index in [0.717, 1.165) is 25.6 Å². The predicted molar refractivity (Wildman–Crippen MR) is 55.3 cm³/mol. The molecule has 2 heterocycles. The third kappa shape index (κ3) is 2.02. The van der Waals surface area contributed by atoms with Crippen molar-refractivity contribution in [2.75, 3.05) is 32.1 Å². The van der Waals surface area contributed by atoms with Crippen LogP contribution in [-0.4, -0.2) is 31.8 Å². The molecule has 2 N–H and O–H groups in total. The number of rotatable bonds is 2. The summed E-state index contributed by atoms with van der Waals surface area (Å²) >= 11 is 0. The smallest absolute Gasteiger partial charge is 0.125 e. The van der Waals surface area contributed by atoms with Crippen LogP contribution in [0.2, 0.25) is 0 Å². The number of ether oxygens (including phenoxy) is 1.